The van der Waals surface area contributed by atoms with Crippen molar-refractivity contribution in [3.05, 3.63) is 63.7 Å². The number of hydrogen-bond acceptors (Lipinski definition) is 4. The first-order valence-electron chi connectivity index (χ1n) is 7.66. The number of anilines is 2. The fraction of sp³-hybridized carbons (Fsp3) is 0.176. The Kier molecular flexibility index (Phi) is 4.60. The number of alkyl halides is 3. The van der Waals surface area contributed by atoms with Crippen LogP contribution in [0.4, 0.5) is 30.2 Å². The van der Waals surface area contributed by atoms with Gasteiger partial charge in [0.15, 0.2) is 5.11 Å². The summed E-state index contributed by atoms with van der Waals surface area (Å²) in [4.78, 5) is 25.0. The van der Waals surface area contributed by atoms with E-state index in [1.54, 1.807) is 0 Å². The van der Waals surface area contributed by atoms with E-state index in [2.05, 4.69) is 0 Å². The highest BCUT2D eigenvalue weighted by molar-refractivity contribution is 7.81. The van der Waals surface area contributed by atoms with Crippen molar-refractivity contribution < 1.29 is 22.9 Å². The van der Waals surface area contributed by atoms with Gasteiger partial charge in [0.25, 0.3) is 11.6 Å². The second kappa shape index (κ2) is 6.62. The van der Waals surface area contributed by atoms with Crippen molar-refractivity contribution in [1.82, 2.24) is 0 Å². The number of nitrogens with zero attached hydrogens (tertiary/aromatic N) is 3. The molecule has 3 rings (SSSR count). The SMILES string of the molecule is Cc1ccc(N2C(=O)CN(c3ccc([N+](=O)[O-])cc3)C2=S)cc1C(F)(F)F. The van der Waals surface area contributed by atoms with Crippen molar-refractivity contribution in [3.8, 4) is 0 Å². The van der Waals surface area contributed by atoms with Gasteiger partial charge in [0.2, 0.25) is 0 Å². The van der Waals surface area contributed by atoms with Gasteiger partial charge in [0, 0.05) is 17.8 Å². The highest BCUT2D eigenvalue weighted by Gasteiger charge is 2.37. The van der Waals surface area contributed by atoms with Gasteiger partial charge in [-0.2, -0.15) is 13.2 Å². The van der Waals surface area contributed by atoms with E-state index in [9.17, 15) is 28.1 Å². The lowest BCUT2D eigenvalue weighted by Gasteiger charge is -2.21. The molecule has 2 aromatic rings. The van der Waals surface area contributed by atoms with Crippen molar-refractivity contribution in [2.75, 3.05) is 16.3 Å². The van der Waals surface area contributed by atoms with E-state index in [-0.39, 0.29) is 28.6 Å². The maximum atomic E-state index is 13.2. The molecular formula is C17H12F3N3O3S. The molecule has 0 aliphatic carbocycles. The Labute approximate surface area is 156 Å². The second-order valence-electron chi connectivity index (χ2n) is 5.87. The summed E-state index contributed by atoms with van der Waals surface area (Å²) in [6, 6.07) is 8.95. The molecule has 0 spiro atoms. The molecule has 0 saturated carbocycles. The molecule has 27 heavy (non-hydrogen) atoms. The minimum Gasteiger partial charge on any atom is -0.309 e. The summed E-state index contributed by atoms with van der Waals surface area (Å²) in [5.41, 5.74) is -0.474. The molecule has 1 fully saturated rings. The van der Waals surface area contributed by atoms with Crippen molar-refractivity contribution in [2.24, 2.45) is 0 Å². The van der Waals surface area contributed by atoms with Gasteiger partial charge in [-0.1, -0.05) is 6.07 Å². The first kappa shape index (κ1) is 18.8. The number of halogens is 3. The number of hydrogen-bond donors (Lipinski definition) is 0. The third-order valence-corrected chi connectivity index (χ3v) is 4.52. The zero-order chi connectivity index (χ0) is 19.9. The standard InChI is InChI=1S/C17H12F3N3O3S/c1-10-2-3-13(8-14(10)17(18,19)20)22-15(24)9-21(16(22)27)11-4-6-12(7-5-11)23(25)26/h2-8H,9H2,1H3. The molecule has 0 radical (unpaired) electrons. The predicted octanol–water partition coefficient (Wildman–Crippen LogP) is 4.06. The average Bonchev–Trinajstić information content (AvgIpc) is 2.89. The Morgan fingerprint density at radius 1 is 1.11 bits per heavy atom. The number of carbonyl (C=O) groups is 1. The Morgan fingerprint density at radius 3 is 2.26 bits per heavy atom. The molecule has 0 aromatic heterocycles. The largest absolute Gasteiger partial charge is 0.416 e. The van der Waals surface area contributed by atoms with E-state index in [0.29, 0.717) is 5.69 Å². The fourth-order valence-corrected chi connectivity index (χ4v) is 3.14. The maximum absolute atomic E-state index is 13.2. The summed E-state index contributed by atoms with van der Waals surface area (Å²) in [5, 5.41) is 10.7. The molecule has 2 aromatic carbocycles. The summed E-state index contributed by atoms with van der Waals surface area (Å²) < 4.78 is 39.5. The summed E-state index contributed by atoms with van der Waals surface area (Å²) in [5.74, 6) is -0.490. The van der Waals surface area contributed by atoms with Gasteiger partial charge < -0.3 is 4.90 Å². The van der Waals surface area contributed by atoms with Gasteiger partial charge in [0.1, 0.15) is 6.54 Å². The van der Waals surface area contributed by atoms with Crippen LogP contribution < -0.4 is 9.80 Å². The first-order valence-corrected chi connectivity index (χ1v) is 8.07. The van der Waals surface area contributed by atoms with Crippen LogP contribution in [0.3, 0.4) is 0 Å². The highest BCUT2D eigenvalue weighted by Crippen LogP contribution is 2.36. The van der Waals surface area contributed by atoms with Crippen LogP contribution in [0.5, 0.6) is 0 Å². The lowest BCUT2D eigenvalue weighted by molar-refractivity contribution is -0.384. The van der Waals surface area contributed by atoms with Crippen molar-refractivity contribution >= 4 is 40.3 Å². The number of amides is 1. The van der Waals surface area contributed by atoms with Gasteiger partial charge in [0.05, 0.1) is 16.2 Å². The van der Waals surface area contributed by atoms with Gasteiger partial charge >= 0.3 is 6.18 Å². The van der Waals surface area contributed by atoms with Crippen LogP contribution in [0, 0.1) is 17.0 Å². The zero-order valence-electron chi connectivity index (χ0n) is 13.9. The average molecular weight is 395 g/mol. The van der Waals surface area contributed by atoms with Crippen LogP contribution in [-0.4, -0.2) is 22.5 Å². The molecule has 6 nitrogen and oxygen atoms in total. The van der Waals surface area contributed by atoms with E-state index in [0.717, 1.165) is 11.0 Å². The normalized spacial score (nSPS) is 14.8. The summed E-state index contributed by atoms with van der Waals surface area (Å²) in [7, 11) is 0. The minimum absolute atomic E-state index is 0.00540. The number of nitro groups is 1. The molecule has 0 atom stereocenters. The Balaban J connectivity index is 1.94. The monoisotopic (exact) mass is 395 g/mol. The van der Waals surface area contributed by atoms with Crippen LogP contribution in [0.1, 0.15) is 11.1 Å². The number of nitro benzene ring substituents is 1. The number of non-ortho nitro benzene ring substituents is 1. The summed E-state index contributed by atoms with van der Waals surface area (Å²) in [6.45, 7) is 1.16. The number of thiocarbonyl (C=S) groups is 1. The second-order valence-corrected chi connectivity index (χ2v) is 6.23. The van der Waals surface area contributed by atoms with Crippen molar-refractivity contribution in [3.63, 3.8) is 0 Å². The molecule has 1 aliphatic rings. The number of benzene rings is 2. The quantitative estimate of drug-likeness (QED) is 0.445. The molecule has 1 saturated heterocycles. The number of rotatable bonds is 3. The van der Waals surface area contributed by atoms with Gasteiger partial charge in [-0.25, -0.2) is 0 Å². The molecule has 0 unspecified atom stereocenters. The highest BCUT2D eigenvalue weighted by atomic mass is 32.1. The smallest absolute Gasteiger partial charge is 0.309 e. The van der Waals surface area contributed by atoms with Gasteiger partial charge in [-0.05, 0) is 49.0 Å². The van der Waals surface area contributed by atoms with Crippen LogP contribution >= 0.6 is 12.2 Å². The maximum Gasteiger partial charge on any atom is 0.416 e. The van der Waals surface area contributed by atoms with E-state index in [1.807, 2.05) is 0 Å². The minimum atomic E-state index is -4.55. The van der Waals surface area contributed by atoms with E-state index < -0.39 is 22.6 Å². The van der Waals surface area contributed by atoms with E-state index >= 15 is 0 Å². The number of aryl methyl sites for hydroxylation is 1. The summed E-state index contributed by atoms with van der Waals surface area (Å²) >= 11 is 5.27. The van der Waals surface area contributed by atoms with E-state index in [1.165, 1.54) is 48.2 Å². The molecule has 1 amide bonds. The molecule has 0 N–H and O–H groups in total. The fourth-order valence-electron chi connectivity index (χ4n) is 2.77. The number of carbonyl (C=O) groups excluding carboxylic acids is 1. The van der Waals surface area contributed by atoms with Crippen LogP contribution in [0.2, 0.25) is 0 Å². The van der Waals surface area contributed by atoms with Crippen LogP contribution in [0.15, 0.2) is 42.5 Å². The molecule has 0 bridgehead atoms. The molecule has 1 aliphatic heterocycles. The van der Waals surface area contributed by atoms with Gasteiger partial charge in [-0.15, -0.1) is 0 Å². The lowest BCUT2D eigenvalue weighted by Crippen LogP contribution is -2.33. The topological polar surface area (TPSA) is 66.7 Å². The predicted molar refractivity (Wildman–Crippen MR) is 96.7 cm³/mol. The summed E-state index contributed by atoms with van der Waals surface area (Å²) in [6.07, 6.45) is -4.55. The van der Waals surface area contributed by atoms with Gasteiger partial charge in [-0.3, -0.25) is 19.8 Å². The third kappa shape index (κ3) is 3.47. The third-order valence-electron chi connectivity index (χ3n) is 4.12. The Morgan fingerprint density at radius 2 is 1.70 bits per heavy atom. The van der Waals surface area contributed by atoms with Crippen LogP contribution in [-0.2, 0) is 11.0 Å². The first-order chi connectivity index (χ1) is 12.6. The molecule has 10 heteroatoms. The van der Waals surface area contributed by atoms with Crippen molar-refractivity contribution in [1.29, 1.82) is 0 Å². The zero-order valence-corrected chi connectivity index (χ0v) is 14.7. The van der Waals surface area contributed by atoms with Crippen molar-refractivity contribution in [2.45, 2.75) is 13.1 Å². The molecular weight excluding hydrogens is 383 g/mol. The Hall–Kier alpha value is -3.01. The molecule has 1 heterocycles. The Bertz CT molecular complexity index is 945. The lowest BCUT2D eigenvalue weighted by atomic mass is 10.1. The van der Waals surface area contributed by atoms with E-state index in [4.69, 9.17) is 12.2 Å². The van der Waals surface area contributed by atoms with Crippen LogP contribution in [0.25, 0.3) is 0 Å². The molecule has 140 valence electrons.